The van der Waals surface area contributed by atoms with Crippen LogP contribution in [0, 0.1) is 6.92 Å². The van der Waals surface area contributed by atoms with E-state index in [-0.39, 0.29) is 12.5 Å². The predicted molar refractivity (Wildman–Crippen MR) is 136 cm³/mol. The fourth-order valence-electron chi connectivity index (χ4n) is 4.28. The minimum atomic E-state index is 0.0534. The molecule has 1 fully saturated rings. The third-order valence-electron chi connectivity index (χ3n) is 6.09. The van der Waals surface area contributed by atoms with E-state index in [4.69, 9.17) is 21.3 Å². The van der Waals surface area contributed by atoms with Crippen LogP contribution >= 0.6 is 22.9 Å². The largest absolute Gasteiger partial charge is 0.367 e. The number of nitrogens with zero attached hydrogens (tertiary/aromatic N) is 4. The molecule has 0 spiro atoms. The third-order valence-corrected chi connectivity index (χ3v) is 7.24. The zero-order valence-electron chi connectivity index (χ0n) is 19.1. The molecule has 2 aromatic heterocycles. The Labute approximate surface area is 208 Å². The Bertz CT molecular complexity index is 1260. The summed E-state index contributed by atoms with van der Waals surface area (Å²) in [6, 6.07) is 17.8. The zero-order chi connectivity index (χ0) is 23.5. The number of piperazine rings is 1. The first-order valence-corrected chi connectivity index (χ1v) is 12.6. The van der Waals surface area contributed by atoms with Gasteiger partial charge in [0, 0.05) is 54.4 Å². The standard InChI is InChI=1S/C26H27ClN4O2S/c1-19-15-31-23(25(28-26(31)34-19)21-7-9-22(27)10-8-21)16-29-11-13-30(14-12-29)24(32)18-33-17-20-5-3-2-4-6-20/h2-10,15H,11-14,16-18H2,1H3. The highest BCUT2D eigenvalue weighted by atomic mass is 35.5. The van der Waals surface area contributed by atoms with Crippen molar-refractivity contribution in [3.8, 4) is 11.3 Å². The molecule has 0 bridgehead atoms. The molecule has 1 saturated heterocycles. The molecule has 8 heteroatoms. The maximum absolute atomic E-state index is 12.6. The van der Waals surface area contributed by atoms with Crippen molar-refractivity contribution < 1.29 is 9.53 Å². The van der Waals surface area contributed by atoms with Crippen molar-refractivity contribution in [2.45, 2.75) is 20.1 Å². The highest BCUT2D eigenvalue weighted by Crippen LogP contribution is 2.30. The second-order valence-electron chi connectivity index (χ2n) is 8.54. The summed E-state index contributed by atoms with van der Waals surface area (Å²) < 4.78 is 7.85. The lowest BCUT2D eigenvalue weighted by molar-refractivity contribution is -0.138. The van der Waals surface area contributed by atoms with Crippen LogP contribution in [-0.2, 0) is 22.7 Å². The quantitative estimate of drug-likeness (QED) is 0.367. The summed E-state index contributed by atoms with van der Waals surface area (Å²) in [5.74, 6) is 0.0534. The lowest BCUT2D eigenvalue weighted by Crippen LogP contribution is -2.49. The van der Waals surface area contributed by atoms with E-state index in [1.807, 2.05) is 59.5 Å². The number of thiazole rings is 1. The Hall–Kier alpha value is -2.71. The Morgan fingerprint density at radius 1 is 1.06 bits per heavy atom. The van der Waals surface area contributed by atoms with Gasteiger partial charge in [0.1, 0.15) is 6.61 Å². The fourth-order valence-corrected chi connectivity index (χ4v) is 5.25. The first kappa shape index (κ1) is 23.1. The Morgan fingerprint density at radius 3 is 2.53 bits per heavy atom. The summed E-state index contributed by atoms with van der Waals surface area (Å²) >= 11 is 7.80. The summed E-state index contributed by atoms with van der Waals surface area (Å²) in [5.41, 5.74) is 4.31. The van der Waals surface area contributed by atoms with Crippen LogP contribution < -0.4 is 0 Å². The predicted octanol–water partition coefficient (Wildman–Crippen LogP) is 4.89. The number of amides is 1. The summed E-state index contributed by atoms with van der Waals surface area (Å²) in [5, 5.41) is 0.718. The summed E-state index contributed by atoms with van der Waals surface area (Å²) in [7, 11) is 0. The van der Waals surface area contributed by atoms with Gasteiger partial charge in [0.25, 0.3) is 0 Å². The maximum atomic E-state index is 12.6. The number of rotatable bonds is 7. The van der Waals surface area contributed by atoms with E-state index in [0.717, 1.165) is 46.4 Å². The maximum Gasteiger partial charge on any atom is 0.248 e. The first-order valence-electron chi connectivity index (χ1n) is 11.4. The molecule has 0 N–H and O–H groups in total. The molecule has 2 aromatic carbocycles. The van der Waals surface area contributed by atoms with Gasteiger partial charge in [-0.3, -0.25) is 14.1 Å². The monoisotopic (exact) mass is 494 g/mol. The van der Waals surface area contributed by atoms with Crippen molar-refractivity contribution in [3.63, 3.8) is 0 Å². The van der Waals surface area contributed by atoms with Crippen LogP contribution in [0.5, 0.6) is 0 Å². The van der Waals surface area contributed by atoms with E-state index in [2.05, 4.69) is 22.4 Å². The molecule has 0 unspecified atom stereocenters. The lowest BCUT2D eigenvalue weighted by atomic mass is 10.1. The molecular formula is C26H27ClN4O2S. The third kappa shape index (κ3) is 5.18. The van der Waals surface area contributed by atoms with Gasteiger partial charge in [0.2, 0.25) is 5.91 Å². The average molecular weight is 495 g/mol. The molecule has 0 atom stereocenters. The smallest absolute Gasteiger partial charge is 0.248 e. The van der Waals surface area contributed by atoms with Gasteiger partial charge in [-0.2, -0.15) is 0 Å². The van der Waals surface area contributed by atoms with E-state index in [0.29, 0.717) is 19.7 Å². The van der Waals surface area contributed by atoms with Gasteiger partial charge in [-0.25, -0.2) is 4.98 Å². The highest BCUT2D eigenvalue weighted by molar-refractivity contribution is 7.17. The first-order chi connectivity index (χ1) is 16.6. The van der Waals surface area contributed by atoms with Crippen LogP contribution in [0.4, 0.5) is 0 Å². The Kier molecular flexibility index (Phi) is 6.97. The van der Waals surface area contributed by atoms with Gasteiger partial charge in [0.15, 0.2) is 4.96 Å². The van der Waals surface area contributed by atoms with Gasteiger partial charge < -0.3 is 9.64 Å². The summed E-state index contributed by atoms with van der Waals surface area (Å²) in [6.07, 6.45) is 2.16. The number of aryl methyl sites for hydroxylation is 1. The molecule has 4 aromatic rings. The number of hydrogen-bond acceptors (Lipinski definition) is 5. The number of halogens is 1. The van der Waals surface area contributed by atoms with Crippen LogP contribution in [-0.4, -0.2) is 57.9 Å². The van der Waals surface area contributed by atoms with Crippen LogP contribution in [0.25, 0.3) is 16.2 Å². The number of imidazole rings is 1. The minimum absolute atomic E-state index is 0.0534. The van der Waals surface area contributed by atoms with E-state index < -0.39 is 0 Å². The van der Waals surface area contributed by atoms with Crippen LogP contribution in [0.2, 0.25) is 5.02 Å². The molecule has 0 aliphatic carbocycles. The van der Waals surface area contributed by atoms with Gasteiger partial charge in [-0.05, 0) is 24.6 Å². The van der Waals surface area contributed by atoms with E-state index >= 15 is 0 Å². The molecule has 34 heavy (non-hydrogen) atoms. The van der Waals surface area contributed by atoms with Crippen LogP contribution in [0.3, 0.4) is 0 Å². The fraction of sp³-hybridized carbons (Fsp3) is 0.308. The highest BCUT2D eigenvalue weighted by Gasteiger charge is 2.24. The van der Waals surface area contributed by atoms with E-state index in [1.165, 1.54) is 10.6 Å². The molecule has 1 amide bonds. The van der Waals surface area contributed by atoms with Crippen LogP contribution in [0.15, 0.2) is 60.8 Å². The molecule has 3 heterocycles. The molecule has 1 aliphatic rings. The number of carbonyl (C=O) groups excluding carboxylic acids is 1. The van der Waals surface area contributed by atoms with Gasteiger partial charge in [0.05, 0.1) is 18.0 Å². The molecule has 1 aliphatic heterocycles. The number of benzene rings is 2. The zero-order valence-corrected chi connectivity index (χ0v) is 20.7. The van der Waals surface area contributed by atoms with Crippen molar-refractivity contribution in [2.24, 2.45) is 0 Å². The Morgan fingerprint density at radius 2 is 1.79 bits per heavy atom. The topological polar surface area (TPSA) is 50.1 Å². The van der Waals surface area contributed by atoms with Gasteiger partial charge in [-0.15, -0.1) is 11.3 Å². The number of fused-ring (bicyclic) bond motifs is 1. The van der Waals surface area contributed by atoms with E-state index in [9.17, 15) is 4.79 Å². The van der Waals surface area contributed by atoms with Crippen molar-refractivity contribution in [1.82, 2.24) is 19.2 Å². The summed E-state index contributed by atoms with van der Waals surface area (Å²) in [4.78, 5) is 24.1. The lowest BCUT2D eigenvalue weighted by Gasteiger charge is -2.34. The number of carbonyl (C=O) groups is 1. The number of aromatic nitrogens is 2. The van der Waals surface area contributed by atoms with Crippen LogP contribution in [0.1, 0.15) is 16.1 Å². The molecule has 0 saturated carbocycles. The SMILES string of the molecule is Cc1cn2c(CN3CCN(C(=O)COCc4ccccc4)CC3)c(-c3ccc(Cl)cc3)nc2s1. The number of ether oxygens (including phenoxy) is 1. The van der Waals surface area contributed by atoms with Crippen molar-refractivity contribution in [2.75, 3.05) is 32.8 Å². The van der Waals surface area contributed by atoms with Gasteiger partial charge in [-0.1, -0.05) is 54.1 Å². The second-order valence-corrected chi connectivity index (χ2v) is 10.2. The number of hydrogen-bond donors (Lipinski definition) is 0. The Balaban J connectivity index is 1.21. The van der Waals surface area contributed by atoms with E-state index in [1.54, 1.807) is 11.3 Å². The van der Waals surface area contributed by atoms with Gasteiger partial charge >= 0.3 is 0 Å². The minimum Gasteiger partial charge on any atom is -0.367 e. The van der Waals surface area contributed by atoms with Crippen molar-refractivity contribution in [3.05, 3.63) is 82.0 Å². The molecular weight excluding hydrogens is 468 g/mol. The normalized spacial score (nSPS) is 14.7. The van der Waals surface area contributed by atoms with Crippen molar-refractivity contribution >= 4 is 33.8 Å². The van der Waals surface area contributed by atoms with Crippen molar-refractivity contribution in [1.29, 1.82) is 0 Å². The average Bonchev–Trinajstić information content (AvgIpc) is 3.37. The summed E-state index contributed by atoms with van der Waals surface area (Å²) in [6.45, 7) is 6.51. The molecule has 0 radical (unpaired) electrons. The molecule has 6 nitrogen and oxygen atoms in total. The molecule has 5 rings (SSSR count). The molecule has 176 valence electrons. The second kappa shape index (κ2) is 10.3.